The number of nitro benzene ring substituents is 1. The van der Waals surface area contributed by atoms with Gasteiger partial charge in [0.05, 0.1) is 16.5 Å². The molecule has 1 atom stereocenters. The fourth-order valence-electron chi connectivity index (χ4n) is 3.70. The summed E-state index contributed by atoms with van der Waals surface area (Å²) in [5.41, 5.74) is 0.988. The number of nitrogens with zero attached hydrogens (tertiary/aromatic N) is 7. The third kappa shape index (κ3) is 4.30. The first-order chi connectivity index (χ1) is 13.3. The predicted octanol–water partition coefficient (Wildman–Crippen LogP) is 3.00. The largest absolute Gasteiger partial charge is 0.369 e. The second-order valence-corrected chi connectivity index (χ2v) is 8.22. The van der Waals surface area contributed by atoms with Gasteiger partial charge in [0.15, 0.2) is 5.82 Å². The van der Waals surface area contributed by atoms with E-state index in [9.17, 15) is 10.1 Å². The summed E-state index contributed by atoms with van der Waals surface area (Å²) >= 11 is 0. The maximum Gasteiger partial charge on any atom is 0.269 e. The highest BCUT2D eigenvalue weighted by atomic mass is 16.6. The molecule has 28 heavy (non-hydrogen) atoms. The van der Waals surface area contributed by atoms with Gasteiger partial charge in [-0.1, -0.05) is 13.3 Å². The molecule has 1 aliphatic rings. The van der Waals surface area contributed by atoms with Crippen LogP contribution in [0.25, 0.3) is 0 Å². The van der Waals surface area contributed by atoms with Crippen LogP contribution in [-0.4, -0.2) is 56.2 Å². The number of nitro groups is 1. The first-order valence-electron chi connectivity index (χ1n) is 9.83. The average molecular weight is 387 g/mol. The first-order valence-corrected chi connectivity index (χ1v) is 9.83. The lowest BCUT2D eigenvalue weighted by Gasteiger charge is -2.40. The zero-order valence-corrected chi connectivity index (χ0v) is 17.1. The van der Waals surface area contributed by atoms with Crippen molar-refractivity contribution in [3.63, 3.8) is 0 Å². The molecular formula is C19H29N7O2. The Morgan fingerprint density at radius 3 is 2.32 bits per heavy atom. The highest BCUT2D eigenvalue weighted by Gasteiger charge is 2.31. The number of hydrogen-bond acceptors (Lipinski definition) is 7. The van der Waals surface area contributed by atoms with Gasteiger partial charge < -0.3 is 4.90 Å². The van der Waals surface area contributed by atoms with Crippen molar-refractivity contribution in [1.82, 2.24) is 25.1 Å². The van der Waals surface area contributed by atoms with Crippen molar-refractivity contribution >= 4 is 11.4 Å². The molecule has 0 spiro atoms. The lowest BCUT2D eigenvalue weighted by Crippen LogP contribution is -2.48. The van der Waals surface area contributed by atoms with Gasteiger partial charge in [0, 0.05) is 44.0 Å². The standard InChI is InChI=1S/C19H29N7O2/c1-5-6-17(18-20-21-22-25(18)19(2,3)4)24-13-11-23(12-14-24)15-7-9-16(10-8-15)26(27)28/h7-10,17H,5-6,11-14H2,1-4H3/t17-/m0/s1. The average Bonchev–Trinajstić information content (AvgIpc) is 3.16. The van der Waals surface area contributed by atoms with Crippen LogP contribution in [0.3, 0.4) is 0 Å². The molecule has 0 saturated carbocycles. The lowest BCUT2D eigenvalue weighted by molar-refractivity contribution is -0.384. The Kier molecular flexibility index (Phi) is 5.93. The molecule has 0 unspecified atom stereocenters. The summed E-state index contributed by atoms with van der Waals surface area (Å²) in [5, 5.41) is 23.4. The van der Waals surface area contributed by atoms with Crippen LogP contribution in [0, 0.1) is 10.1 Å². The van der Waals surface area contributed by atoms with Crippen molar-refractivity contribution in [3.8, 4) is 0 Å². The van der Waals surface area contributed by atoms with Crippen LogP contribution >= 0.6 is 0 Å². The highest BCUT2D eigenvalue weighted by Crippen LogP contribution is 2.29. The second kappa shape index (κ2) is 8.22. The van der Waals surface area contributed by atoms with Crippen LogP contribution in [-0.2, 0) is 5.54 Å². The van der Waals surface area contributed by atoms with Gasteiger partial charge in [-0.2, -0.15) is 0 Å². The van der Waals surface area contributed by atoms with E-state index in [-0.39, 0.29) is 22.2 Å². The number of rotatable bonds is 6. The van der Waals surface area contributed by atoms with Gasteiger partial charge >= 0.3 is 0 Å². The minimum Gasteiger partial charge on any atom is -0.369 e. The van der Waals surface area contributed by atoms with Crippen LogP contribution in [0.15, 0.2) is 24.3 Å². The van der Waals surface area contributed by atoms with Gasteiger partial charge in [-0.3, -0.25) is 15.0 Å². The van der Waals surface area contributed by atoms with Gasteiger partial charge in [-0.15, -0.1) is 5.10 Å². The van der Waals surface area contributed by atoms with Gasteiger partial charge in [0.25, 0.3) is 5.69 Å². The van der Waals surface area contributed by atoms with E-state index in [4.69, 9.17) is 0 Å². The molecule has 0 amide bonds. The molecule has 9 nitrogen and oxygen atoms in total. The SMILES string of the molecule is CCC[C@@H](c1nnnn1C(C)(C)C)N1CCN(c2ccc([N+](=O)[O-])cc2)CC1. The third-order valence-corrected chi connectivity index (χ3v) is 5.17. The molecular weight excluding hydrogens is 358 g/mol. The zero-order chi connectivity index (χ0) is 20.3. The Hall–Kier alpha value is -2.55. The predicted molar refractivity (Wildman–Crippen MR) is 107 cm³/mol. The fraction of sp³-hybridized carbons (Fsp3) is 0.632. The summed E-state index contributed by atoms with van der Waals surface area (Å²) in [7, 11) is 0. The maximum atomic E-state index is 10.8. The molecule has 9 heteroatoms. The van der Waals surface area contributed by atoms with Crippen molar-refractivity contribution in [3.05, 3.63) is 40.2 Å². The van der Waals surface area contributed by atoms with E-state index in [0.29, 0.717) is 0 Å². The quantitative estimate of drug-likeness (QED) is 0.555. The summed E-state index contributed by atoms with van der Waals surface area (Å²) in [4.78, 5) is 15.2. The van der Waals surface area contributed by atoms with Crippen LogP contribution in [0.1, 0.15) is 52.4 Å². The highest BCUT2D eigenvalue weighted by molar-refractivity contribution is 5.51. The molecule has 0 bridgehead atoms. The molecule has 2 aromatic rings. The number of piperazine rings is 1. The monoisotopic (exact) mass is 387 g/mol. The van der Waals surface area contributed by atoms with Crippen LogP contribution in [0.5, 0.6) is 0 Å². The molecule has 152 valence electrons. The molecule has 1 aromatic carbocycles. The minimum atomic E-state index is -0.365. The number of hydrogen-bond donors (Lipinski definition) is 0. The molecule has 3 rings (SSSR count). The molecule has 1 aliphatic heterocycles. The topological polar surface area (TPSA) is 93.2 Å². The summed E-state index contributed by atoms with van der Waals surface area (Å²) in [6.07, 6.45) is 2.07. The number of benzene rings is 1. The third-order valence-electron chi connectivity index (χ3n) is 5.17. The molecule has 0 radical (unpaired) electrons. The number of anilines is 1. The van der Waals surface area contributed by atoms with Crippen LogP contribution < -0.4 is 4.90 Å². The van der Waals surface area contributed by atoms with Crippen molar-refractivity contribution in [2.75, 3.05) is 31.1 Å². The summed E-state index contributed by atoms with van der Waals surface area (Å²) < 4.78 is 1.94. The Labute approximate surface area is 165 Å². The molecule has 0 aliphatic carbocycles. The zero-order valence-electron chi connectivity index (χ0n) is 17.1. The van der Waals surface area contributed by atoms with Gasteiger partial charge in [0.2, 0.25) is 0 Å². The number of non-ortho nitro benzene ring substituents is 1. The van der Waals surface area contributed by atoms with E-state index in [1.807, 2.05) is 16.8 Å². The van der Waals surface area contributed by atoms with Crippen molar-refractivity contribution in [1.29, 1.82) is 0 Å². The van der Waals surface area contributed by atoms with E-state index in [1.165, 1.54) is 0 Å². The molecule has 1 fully saturated rings. The Balaban J connectivity index is 1.71. The van der Waals surface area contributed by atoms with Crippen molar-refractivity contribution in [2.45, 2.75) is 52.1 Å². The van der Waals surface area contributed by atoms with Crippen molar-refractivity contribution < 1.29 is 4.92 Å². The van der Waals surface area contributed by atoms with E-state index in [0.717, 1.165) is 50.5 Å². The van der Waals surface area contributed by atoms with E-state index < -0.39 is 0 Å². The van der Waals surface area contributed by atoms with E-state index in [2.05, 4.69) is 53.0 Å². The summed E-state index contributed by atoms with van der Waals surface area (Å²) in [5.74, 6) is 0.929. The molecule has 1 saturated heterocycles. The van der Waals surface area contributed by atoms with Crippen LogP contribution in [0.4, 0.5) is 11.4 Å². The van der Waals surface area contributed by atoms with Gasteiger partial charge in [-0.05, 0) is 49.8 Å². The molecule has 1 aromatic heterocycles. The Morgan fingerprint density at radius 1 is 1.14 bits per heavy atom. The second-order valence-electron chi connectivity index (χ2n) is 8.22. The smallest absolute Gasteiger partial charge is 0.269 e. The van der Waals surface area contributed by atoms with Gasteiger partial charge in [-0.25, -0.2) is 4.68 Å². The van der Waals surface area contributed by atoms with E-state index >= 15 is 0 Å². The number of aromatic nitrogens is 4. The summed E-state index contributed by atoms with van der Waals surface area (Å²) in [6, 6.07) is 6.99. The Morgan fingerprint density at radius 2 is 1.79 bits per heavy atom. The van der Waals surface area contributed by atoms with Crippen LogP contribution in [0.2, 0.25) is 0 Å². The minimum absolute atomic E-state index is 0.124. The Bertz CT molecular complexity index is 789. The fourth-order valence-corrected chi connectivity index (χ4v) is 3.70. The molecule has 0 N–H and O–H groups in total. The van der Waals surface area contributed by atoms with Crippen molar-refractivity contribution in [2.24, 2.45) is 0 Å². The maximum absolute atomic E-state index is 10.8. The number of tetrazole rings is 1. The van der Waals surface area contributed by atoms with E-state index in [1.54, 1.807) is 12.1 Å². The van der Waals surface area contributed by atoms with Gasteiger partial charge in [0.1, 0.15) is 0 Å². The molecule has 2 heterocycles. The summed E-state index contributed by atoms with van der Waals surface area (Å²) in [6.45, 7) is 12.1. The normalized spacial score (nSPS) is 16.9. The first kappa shape index (κ1) is 20.2. The lowest BCUT2D eigenvalue weighted by atomic mass is 10.0.